The molecule has 0 aromatic heterocycles. The smallest absolute Gasteiger partial charge is 0.411 e. The van der Waals surface area contributed by atoms with E-state index in [1.165, 1.54) is 4.90 Å². The largest absolute Gasteiger partial charge is 0.480 e. The minimum Gasteiger partial charge on any atom is -0.480 e. The summed E-state index contributed by atoms with van der Waals surface area (Å²) in [5.74, 6) is -1.20. The van der Waals surface area contributed by atoms with E-state index in [1.807, 2.05) is 31.2 Å². The molecule has 1 aliphatic rings. The van der Waals surface area contributed by atoms with Crippen LogP contribution in [0.25, 0.3) is 0 Å². The van der Waals surface area contributed by atoms with Crippen LogP contribution >= 0.6 is 0 Å². The van der Waals surface area contributed by atoms with E-state index in [4.69, 9.17) is 4.74 Å². The molecule has 0 radical (unpaired) electrons. The van der Waals surface area contributed by atoms with Gasteiger partial charge in [-0.3, -0.25) is 4.90 Å². The van der Waals surface area contributed by atoms with Crippen molar-refractivity contribution in [2.45, 2.75) is 58.1 Å². The van der Waals surface area contributed by atoms with Crippen molar-refractivity contribution in [3.63, 3.8) is 0 Å². The molecule has 2 atom stereocenters. The number of rotatable bonds is 2. The fraction of sp³-hybridized carbons (Fsp3) is 0.556. The van der Waals surface area contributed by atoms with Crippen molar-refractivity contribution in [2.24, 2.45) is 0 Å². The molecule has 1 aliphatic heterocycles. The summed E-state index contributed by atoms with van der Waals surface area (Å²) in [5.41, 5.74) is 1.44. The van der Waals surface area contributed by atoms with Crippen molar-refractivity contribution in [2.75, 3.05) is 6.54 Å². The van der Waals surface area contributed by atoms with E-state index in [2.05, 4.69) is 0 Å². The van der Waals surface area contributed by atoms with E-state index in [0.717, 1.165) is 24.0 Å². The molecular weight excluding hydrogens is 294 g/mol. The Balaban J connectivity index is 2.28. The van der Waals surface area contributed by atoms with Crippen molar-refractivity contribution < 1.29 is 19.4 Å². The van der Waals surface area contributed by atoms with Gasteiger partial charge in [-0.25, -0.2) is 9.59 Å². The zero-order valence-electron chi connectivity index (χ0n) is 14.2. The highest BCUT2D eigenvalue weighted by Crippen LogP contribution is 2.34. The van der Waals surface area contributed by atoms with Gasteiger partial charge in [-0.15, -0.1) is 0 Å². The highest BCUT2D eigenvalue weighted by Gasteiger charge is 2.41. The molecule has 5 heteroatoms. The van der Waals surface area contributed by atoms with Gasteiger partial charge >= 0.3 is 12.1 Å². The van der Waals surface area contributed by atoms with Crippen LogP contribution in [0.4, 0.5) is 4.79 Å². The Morgan fingerprint density at radius 2 is 1.83 bits per heavy atom. The highest BCUT2D eigenvalue weighted by atomic mass is 16.6. The number of ether oxygens (including phenoxy) is 1. The number of likely N-dealkylation sites (tertiary alicyclic amines) is 1. The van der Waals surface area contributed by atoms with Crippen LogP contribution in [0, 0.1) is 6.92 Å². The van der Waals surface area contributed by atoms with Crippen molar-refractivity contribution >= 4 is 12.1 Å². The summed E-state index contributed by atoms with van der Waals surface area (Å²) in [6.07, 6.45) is 0.961. The summed E-state index contributed by atoms with van der Waals surface area (Å²) in [6, 6.07) is 6.96. The molecular formula is C18H25NO4. The second-order valence-corrected chi connectivity index (χ2v) is 7.12. The first kappa shape index (κ1) is 17.3. The van der Waals surface area contributed by atoms with Gasteiger partial charge in [0.25, 0.3) is 0 Å². The van der Waals surface area contributed by atoms with Crippen molar-refractivity contribution in [3.05, 3.63) is 35.4 Å². The summed E-state index contributed by atoms with van der Waals surface area (Å²) in [6.45, 7) is 7.74. The molecule has 1 amide bonds. The van der Waals surface area contributed by atoms with Gasteiger partial charge in [0, 0.05) is 12.5 Å². The fourth-order valence-corrected chi connectivity index (χ4v) is 2.99. The van der Waals surface area contributed by atoms with Gasteiger partial charge in [-0.2, -0.15) is 0 Å². The number of carbonyl (C=O) groups is 2. The lowest BCUT2D eigenvalue weighted by Gasteiger charge is -2.39. The van der Waals surface area contributed by atoms with Crippen LogP contribution in [0.3, 0.4) is 0 Å². The Labute approximate surface area is 137 Å². The van der Waals surface area contributed by atoms with Gasteiger partial charge in [0.1, 0.15) is 11.6 Å². The monoisotopic (exact) mass is 319 g/mol. The number of carbonyl (C=O) groups excluding carboxylic acids is 1. The number of hydrogen-bond donors (Lipinski definition) is 1. The number of nitrogens with zero attached hydrogens (tertiary/aromatic N) is 1. The number of carboxylic acid groups (broad SMARTS) is 1. The lowest BCUT2D eigenvalue weighted by molar-refractivity contribution is -0.145. The van der Waals surface area contributed by atoms with Gasteiger partial charge < -0.3 is 9.84 Å². The predicted molar refractivity (Wildman–Crippen MR) is 87.5 cm³/mol. The third kappa shape index (κ3) is 4.24. The molecule has 0 aliphatic carbocycles. The molecule has 1 N–H and O–H groups in total. The van der Waals surface area contributed by atoms with Gasteiger partial charge in [0.05, 0.1) is 0 Å². The molecule has 0 saturated carbocycles. The minimum absolute atomic E-state index is 0.214. The summed E-state index contributed by atoms with van der Waals surface area (Å²) >= 11 is 0. The summed E-state index contributed by atoms with van der Waals surface area (Å²) in [5, 5.41) is 9.69. The summed E-state index contributed by atoms with van der Waals surface area (Å²) < 4.78 is 5.38. The normalized spacial score (nSPS) is 21.8. The van der Waals surface area contributed by atoms with E-state index in [-0.39, 0.29) is 5.92 Å². The first-order chi connectivity index (χ1) is 10.7. The fourth-order valence-electron chi connectivity index (χ4n) is 2.99. The van der Waals surface area contributed by atoms with E-state index < -0.39 is 23.7 Å². The van der Waals surface area contributed by atoms with Crippen LogP contribution in [-0.2, 0) is 9.53 Å². The number of benzene rings is 1. The minimum atomic E-state index is -0.985. The molecule has 1 fully saturated rings. The van der Waals surface area contributed by atoms with Crippen LogP contribution in [0.5, 0.6) is 0 Å². The topological polar surface area (TPSA) is 66.8 Å². The third-order valence-electron chi connectivity index (χ3n) is 4.02. The van der Waals surface area contributed by atoms with E-state index in [1.54, 1.807) is 20.8 Å². The van der Waals surface area contributed by atoms with Gasteiger partial charge in [0.2, 0.25) is 0 Å². The zero-order valence-corrected chi connectivity index (χ0v) is 14.2. The van der Waals surface area contributed by atoms with Crippen LogP contribution in [-0.4, -0.2) is 40.3 Å². The van der Waals surface area contributed by atoms with E-state index in [9.17, 15) is 14.7 Å². The average molecular weight is 319 g/mol. The summed E-state index contributed by atoms with van der Waals surface area (Å²) in [4.78, 5) is 25.6. The second-order valence-electron chi connectivity index (χ2n) is 7.12. The van der Waals surface area contributed by atoms with Crippen LogP contribution in [0.2, 0.25) is 0 Å². The lowest BCUT2D eigenvalue weighted by atomic mass is 9.83. The SMILES string of the molecule is Cc1ccc(C2CCCN(C(=O)OC(C)(C)C)C2C(=O)O)cc1. The maximum absolute atomic E-state index is 12.4. The maximum Gasteiger partial charge on any atom is 0.411 e. The molecule has 0 bridgehead atoms. The second kappa shape index (κ2) is 6.60. The molecule has 2 rings (SSSR count). The number of aliphatic carboxylic acids is 1. The Morgan fingerprint density at radius 1 is 1.22 bits per heavy atom. The number of aryl methyl sites for hydroxylation is 1. The number of hydrogen-bond acceptors (Lipinski definition) is 3. The first-order valence-corrected chi connectivity index (χ1v) is 7.98. The molecule has 1 heterocycles. The standard InChI is InChI=1S/C18H25NO4/c1-12-7-9-13(10-8-12)14-6-5-11-19(15(14)16(20)21)17(22)23-18(2,3)4/h7-10,14-15H,5-6,11H2,1-4H3,(H,20,21). The van der Waals surface area contributed by atoms with Gasteiger partial charge in [-0.05, 0) is 46.1 Å². The molecule has 5 nitrogen and oxygen atoms in total. The summed E-state index contributed by atoms with van der Waals surface area (Å²) in [7, 11) is 0. The lowest BCUT2D eigenvalue weighted by Crippen LogP contribution is -2.53. The molecule has 126 valence electrons. The number of amides is 1. The Morgan fingerprint density at radius 3 is 2.35 bits per heavy atom. The molecule has 23 heavy (non-hydrogen) atoms. The molecule has 2 unspecified atom stereocenters. The van der Waals surface area contributed by atoms with Gasteiger partial charge in [0.15, 0.2) is 0 Å². The Bertz CT molecular complexity index is 574. The Kier molecular flexibility index (Phi) is 4.97. The first-order valence-electron chi connectivity index (χ1n) is 7.98. The third-order valence-corrected chi connectivity index (χ3v) is 4.02. The van der Waals surface area contributed by atoms with E-state index >= 15 is 0 Å². The van der Waals surface area contributed by atoms with Crippen LogP contribution in [0.15, 0.2) is 24.3 Å². The van der Waals surface area contributed by atoms with E-state index in [0.29, 0.717) is 6.54 Å². The molecule has 1 saturated heterocycles. The van der Waals surface area contributed by atoms with Gasteiger partial charge in [-0.1, -0.05) is 29.8 Å². The quantitative estimate of drug-likeness (QED) is 0.905. The molecule has 0 spiro atoms. The number of carboxylic acids is 1. The zero-order chi connectivity index (χ0) is 17.2. The average Bonchev–Trinajstić information content (AvgIpc) is 2.45. The highest BCUT2D eigenvalue weighted by molar-refractivity contribution is 5.81. The van der Waals surface area contributed by atoms with Crippen molar-refractivity contribution in [1.82, 2.24) is 4.90 Å². The van der Waals surface area contributed by atoms with Crippen molar-refractivity contribution in [3.8, 4) is 0 Å². The van der Waals surface area contributed by atoms with Crippen LogP contribution < -0.4 is 0 Å². The van der Waals surface area contributed by atoms with Crippen LogP contribution in [0.1, 0.15) is 50.7 Å². The van der Waals surface area contributed by atoms with Crippen molar-refractivity contribution in [1.29, 1.82) is 0 Å². The maximum atomic E-state index is 12.4. The molecule has 1 aromatic carbocycles. The number of piperidine rings is 1. The predicted octanol–water partition coefficient (Wildman–Crippen LogP) is 3.56. The molecule has 1 aromatic rings. The Hall–Kier alpha value is -2.04.